The summed E-state index contributed by atoms with van der Waals surface area (Å²) in [6, 6.07) is 9.25. The first-order valence-electron chi connectivity index (χ1n) is 6.09. The maximum atomic E-state index is 12.3. The van der Waals surface area contributed by atoms with Crippen molar-refractivity contribution in [1.82, 2.24) is 0 Å². The third kappa shape index (κ3) is 2.05. The molecule has 0 aliphatic carbocycles. The van der Waals surface area contributed by atoms with Crippen LogP contribution in [0.25, 0.3) is 0 Å². The summed E-state index contributed by atoms with van der Waals surface area (Å²) in [5.41, 5.74) is 0.466. The Morgan fingerprint density at radius 2 is 1.45 bits per heavy atom. The molecular weight excluding hydrogens is 310 g/mol. The predicted octanol–water partition coefficient (Wildman–Crippen LogP) is 1.44. The standard InChI is InChI=1S/C14H9NO6S/c16-11-7-8(5-6-12(11)22(19,20)21)15-13(17)9-3-1-2-4-10(9)14(15)18/h1-7,16H,(H,19,20,21). The molecule has 3 rings (SSSR count). The molecule has 0 saturated carbocycles. The van der Waals surface area contributed by atoms with Gasteiger partial charge in [0.15, 0.2) is 0 Å². The van der Waals surface area contributed by atoms with Gasteiger partial charge in [0.25, 0.3) is 21.9 Å². The summed E-state index contributed by atoms with van der Waals surface area (Å²) in [4.78, 5) is 24.6. The predicted molar refractivity (Wildman–Crippen MR) is 75.5 cm³/mol. The summed E-state index contributed by atoms with van der Waals surface area (Å²) in [6.45, 7) is 0. The van der Waals surface area contributed by atoms with E-state index < -0.39 is 32.6 Å². The zero-order valence-electron chi connectivity index (χ0n) is 10.9. The first-order chi connectivity index (χ1) is 10.3. The second-order valence-electron chi connectivity index (χ2n) is 4.62. The summed E-state index contributed by atoms with van der Waals surface area (Å²) in [5, 5.41) is 9.69. The molecule has 2 N–H and O–H groups in total. The van der Waals surface area contributed by atoms with Crippen LogP contribution in [0.2, 0.25) is 0 Å². The maximum Gasteiger partial charge on any atom is 0.298 e. The van der Waals surface area contributed by atoms with Crippen molar-refractivity contribution in [2.75, 3.05) is 4.90 Å². The van der Waals surface area contributed by atoms with Gasteiger partial charge < -0.3 is 5.11 Å². The van der Waals surface area contributed by atoms with Gasteiger partial charge in [-0.15, -0.1) is 0 Å². The van der Waals surface area contributed by atoms with Crippen molar-refractivity contribution >= 4 is 27.6 Å². The lowest BCUT2D eigenvalue weighted by Gasteiger charge is -2.14. The number of aromatic hydroxyl groups is 1. The highest BCUT2D eigenvalue weighted by Crippen LogP contribution is 2.32. The molecular formula is C14H9NO6S. The van der Waals surface area contributed by atoms with Crippen LogP contribution >= 0.6 is 0 Å². The summed E-state index contributed by atoms with van der Waals surface area (Å²) >= 11 is 0. The van der Waals surface area contributed by atoms with Gasteiger partial charge in [0, 0.05) is 6.07 Å². The van der Waals surface area contributed by atoms with Gasteiger partial charge in [-0.3, -0.25) is 14.1 Å². The first kappa shape index (κ1) is 14.2. The highest BCUT2D eigenvalue weighted by atomic mass is 32.2. The summed E-state index contributed by atoms with van der Waals surface area (Å²) in [7, 11) is -4.59. The summed E-state index contributed by atoms with van der Waals surface area (Å²) in [6.07, 6.45) is 0. The molecule has 0 unspecified atom stereocenters. The van der Waals surface area contributed by atoms with E-state index in [1.165, 1.54) is 12.1 Å². The maximum absolute atomic E-state index is 12.3. The van der Waals surface area contributed by atoms with E-state index in [4.69, 9.17) is 4.55 Å². The van der Waals surface area contributed by atoms with Crippen LogP contribution in [0.5, 0.6) is 5.75 Å². The number of rotatable bonds is 2. The molecule has 22 heavy (non-hydrogen) atoms. The smallest absolute Gasteiger partial charge is 0.298 e. The SMILES string of the molecule is O=C1c2ccccc2C(=O)N1c1ccc(S(=O)(=O)O)c(O)c1. The number of nitrogens with zero attached hydrogens (tertiary/aromatic N) is 1. The number of hydrogen-bond acceptors (Lipinski definition) is 5. The zero-order chi connectivity index (χ0) is 16.1. The Labute approximate surface area is 125 Å². The van der Waals surface area contributed by atoms with Crippen LogP contribution in [0.3, 0.4) is 0 Å². The molecule has 0 spiro atoms. The van der Waals surface area contributed by atoms with Gasteiger partial charge >= 0.3 is 0 Å². The van der Waals surface area contributed by atoms with Gasteiger partial charge in [-0.25, -0.2) is 4.90 Å². The number of hydrogen-bond donors (Lipinski definition) is 2. The number of imide groups is 1. The van der Waals surface area contributed by atoms with Crippen LogP contribution in [0.15, 0.2) is 47.4 Å². The topological polar surface area (TPSA) is 112 Å². The van der Waals surface area contributed by atoms with E-state index in [-0.39, 0.29) is 16.8 Å². The van der Waals surface area contributed by atoms with Crippen LogP contribution in [0, 0.1) is 0 Å². The number of carbonyl (C=O) groups is 2. The second kappa shape index (κ2) is 4.65. The molecule has 0 aromatic heterocycles. The monoisotopic (exact) mass is 319 g/mol. The first-order valence-corrected chi connectivity index (χ1v) is 7.53. The third-order valence-electron chi connectivity index (χ3n) is 3.27. The van der Waals surface area contributed by atoms with E-state index in [1.807, 2.05) is 0 Å². The molecule has 8 heteroatoms. The van der Waals surface area contributed by atoms with Gasteiger partial charge in [-0.05, 0) is 24.3 Å². The van der Waals surface area contributed by atoms with Gasteiger partial charge in [-0.2, -0.15) is 8.42 Å². The number of fused-ring (bicyclic) bond motifs is 1. The van der Waals surface area contributed by atoms with Crippen molar-refractivity contribution < 1.29 is 27.7 Å². The molecule has 2 aromatic carbocycles. The van der Waals surface area contributed by atoms with Crippen molar-refractivity contribution in [2.24, 2.45) is 0 Å². The van der Waals surface area contributed by atoms with Crippen LogP contribution in [-0.4, -0.2) is 29.9 Å². The average molecular weight is 319 g/mol. The van der Waals surface area contributed by atoms with Crippen molar-refractivity contribution in [1.29, 1.82) is 0 Å². The fourth-order valence-electron chi connectivity index (χ4n) is 2.29. The number of amides is 2. The molecule has 0 atom stereocenters. The Morgan fingerprint density at radius 1 is 0.909 bits per heavy atom. The Balaban J connectivity index is 2.09. The molecule has 1 aliphatic heterocycles. The molecule has 1 aliphatic rings. The summed E-state index contributed by atoms with van der Waals surface area (Å²) < 4.78 is 31.0. The Bertz CT molecular complexity index is 884. The third-order valence-corrected chi connectivity index (χ3v) is 4.17. The molecule has 7 nitrogen and oxygen atoms in total. The van der Waals surface area contributed by atoms with Crippen molar-refractivity contribution in [3.8, 4) is 5.75 Å². The normalized spacial score (nSPS) is 14.3. The Morgan fingerprint density at radius 3 is 1.91 bits per heavy atom. The van der Waals surface area contributed by atoms with Crippen molar-refractivity contribution in [3.63, 3.8) is 0 Å². The Kier molecular flexibility index (Phi) is 3.01. The number of phenolic OH excluding ortho intramolecular Hbond substituents is 1. The highest BCUT2D eigenvalue weighted by Gasteiger charge is 2.36. The molecule has 0 saturated heterocycles. The van der Waals surface area contributed by atoms with Crippen LogP contribution < -0.4 is 4.90 Å². The fourth-order valence-corrected chi connectivity index (χ4v) is 2.85. The van der Waals surface area contributed by atoms with Crippen molar-refractivity contribution in [3.05, 3.63) is 53.6 Å². The number of anilines is 1. The molecule has 2 aromatic rings. The Hall–Kier alpha value is -2.71. The molecule has 2 amide bonds. The minimum Gasteiger partial charge on any atom is -0.506 e. The van der Waals surface area contributed by atoms with E-state index in [2.05, 4.69) is 0 Å². The number of phenols is 1. The molecule has 112 valence electrons. The summed E-state index contributed by atoms with van der Waals surface area (Å²) in [5.74, 6) is -1.89. The number of benzene rings is 2. The van der Waals surface area contributed by atoms with E-state index in [1.54, 1.807) is 12.1 Å². The molecule has 1 heterocycles. The lowest BCUT2D eigenvalue weighted by Crippen LogP contribution is -2.29. The van der Waals surface area contributed by atoms with Gasteiger partial charge in [0.1, 0.15) is 10.6 Å². The van der Waals surface area contributed by atoms with E-state index in [0.717, 1.165) is 23.1 Å². The van der Waals surface area contributed by atoms with Gasteiger partial charge in [0.05, 0.1) is 16.8 Å². The average Bonchev–Trinajstić information content (AvgIpc) is 2.70. The fraction of sp³-hybridized carbons (Fsp3) is 0. The lowest BCUT2D eigenvalue weighted by molar-refractivity contribution is 0.0926. The largest absolute Gasteiger partial charge is 0.506 e. The second-order valence-corrected chi connectivity index (χ2v) is 6.01. The van der Waals surface area contributed by atoms with E-state index in [9.17, 15) is 23.1 Å². The van der Waals surface area contributed by atoms with Gasteiger partial charge in [-0.1, -0.05) is 12.1 Å². The van der Waals surface area contributed by atoms with E-state index in [0.29, 0.717) is 0 Å². The lowest BCUT2D eigenvalue weighted by atomic mass is 10.1. The van der Waals surface area contributed by atoms with Crippen molar-refractivity contribution in [2.45, 2.75) is 4.90 Å². The quantitative estimate of drug-likeness (QED) is 0.640. The van der Waals surface area contributed by atoms with Gasteiger partial charge in [0.2, 0.25) is 0 Å². The molecule has 0 bridgehead atoms. The zero-order valence-corrected chi connectivity index (χ0v) is 11.7. The molecule has 0 radical (unpaired) electrons. The highest BCUT2D eigenvalue weighted by molar-refractivity contribution is 7.86. The van der Waals surface area contributed by atoms with E-state index >= 15 is 0 Å². The van der Waals surface area contributed by atoms with Crippen LogP contribution in [0.4, 0.5) is 5.69 Å². The number of carbonyl (C=O) groups excluding carboxylic acids is 2. The minimum atomic E-state index is -4.59. The van der Waals surface area contributed by atoms with Crippen LogP contribution in [0.1, 0.15) is 20.7 Å². The van der Waals surface area contributed by atoms with Crippen LogP contribution in [-0.2, 0) is 10.1 Å². The minimum absolute atomic E-state index is 0.0103. The molecule has 0 fully saturated rings.